The smallest absolute Gasteiger partial charge is 0.0436 e. The molecule has 0 aliphatic carbocycles. The normalized spacial score (nSPS) is 9.50. The summed E-state index contributed by atoms with van der Waals surface area (Å²) in [6.07, 6.45) is 0. The van der Waals surface area contributed by atoms with Crippen molar-refractivity contribution < 1.29 is 0 Å². The second-order valence-corrected chi connectivity index (χ2v) is 2.62. The summed E-state index contributed by atoms with van der Waals surface area (Å²) in [4.78, 5) is 0. The van der Waals surface area contributed by atoms with E-state index in [9.17, 15) is 0 Å². The highest BCUT2D eigenvalue weighted by Crippen LogP contribution is 2.18. The van der Waals surface area contributed by atoms with Gasteiger partial charge in [0.15, 0.2) is 0 Å². The van der Waals surface area contributed by atoms with E-state index in [0.29, 0.717) is 0 Å². The maximum absolute atomic E-state index is 5.81. The molecule has 0 spiro atoms. The summed E-state index contributed by atoms with van der Waals surface area (Å²) in [5.41, 5.74) is 2.20. The maximum Gasteiger partial charge on any atom is 0.0436 e. The Bertz CT molecular complexity index is 233. The number of halogens is 1. The van der Waals surface area contributed by atoms with Crippen LogP contribution in [-0.2, 0) is 0 Å². The Morgan fingerprint density at radius 2 is 2.10 bits per heavy atom. The summed E-state index contributed by atoms with van der Waals surface area (Å²) in [5, 5.41) is 3.85. The zero-order chi connectivity index (χ0) is 7.56. The third kappa shape index (κ3) is 1.42. The van der Waals surface area contributed by atoms with Gasteiger partial charge in [-0.05, 0) is 30.7 Å². The van der Waals surface area contributed by atoms with Crippen LogP contribution in [0, 0.1) is 6.92 Å². The number of anilines is 1. The van der Waals surface area contributed by atoms with Crippen LogP contribution < -0.4 is 5.32 Å². The van der Waals surface area contributed by atoms with E-state index in [1.807, 2.05) is 32.2 Å². The highest BCUT2D eigenvalue weighted by molar-refractivity contribution is 6.31. The van der Waals surface area contributed by atoms with E-state index in [2.05, 4.69) is 5.32 Å². The third-order valence-corrected chi connectivity index (χ3v) is 1.87. The van der Waals surface area contributed by atoms with Crippen molar-refractivity contribution in [2.24, 2.45) is 0 Å². The van der Waals surface area contributed by atoms with Gasteiger partial charge in [0.2, 0.25) is 0 Å². The average Bonchev–Trinajstić information content (AvgIpc) is 1.95. The SMILES string of the molecule is CNc1ccc(Cl)c(C)c1. The molecule has 0 bridgehead atoms. The van der Waals surface area contributed by atoms with Crippen molar-refractivity contribution in [1.29, 1.82) is 0 Å². The van der Waals surface area contributed by atoms with Gasteiger partial charge in [-0.2, -0.15) is 0 Å². The van der Waals surface area contributed by atoms with E-state index in [1.54, 1.807) is 0 Å². The molecule has 0 aliphatic heterocycles. The number of hydrogen-bond acceptors (Lipinski definition) is 1. The molecule has 1 aromatic rings. The second kappa shape index (κ2) is 2.93. The molecule has 0 aliphatic rings. The molecule has 10 heavy (non-hydrogen) atoms. The van der Waals surface area contributed by atoms with Gasteiger partial charge in [-0.1, -0.05) is 11.6 Å². The summed E-state index contributed by atoms with van der Waals surface area (Å²) in [5.74, 6) is 0. The minimum Gasteiger partial charge on any atom is -0.388 e. The molecule has 0 saturated carbocycles. The first-order valence-corrected chi connectivity index (χ1v) is 3.55. The van der Waals surface area contributed by atoms with E-state index < -0.39 is 0 Å². The van der Waals surface area contributed by atoms with Gasteiger partial charge in [0, 0.05) is 17.8 Å². The predicted molar refractivity (Wildman–Crippen MR) is 45.7 cm³/mol. The van der Waals surface area contributed by atoms with Crippen molar-refractivity contribution in [1.82, 2.24) is 0 Å². The number of rotatable bonds is 1. The summed E-state index contributed by atoms with van der Waals surface area (Å²) in [7, 11) is 1.89. The number of hydrogen-bond donors (Lipinski definition) is 1. The van der Waals surface area contributed by atoms with Gasteiger partial charge >= 0.3 is 0 Å². The van der Waals surface area contributed by atoms with Crippen molar-refractivity contribution in [2.45, 2.75) is 6.92 Å². The Hall–Kier alpha value is -0.690. The Kier molecular flexibility index (Phi) is 2.17. The topological polar surface area (TPSA) is 12.0 Å². The standard InChI is InChI=1S/C8H10ClN/c1-6-5-7(10-2)3-4-8(6)9/h3-5,10H,1-2H3. The van der Waals surface area contributed by atoms with Crippen LogP contribution in [0.1, 0.15) is 5.56 Å². The van der Waals surface area contributed by atoms with Gasteiger partial charge in [-0.25, -0.2) is 0 Å². The molecular formula is C8H10ClN. The zero-order valence-electron chi connectivity index (χ0n) is 6.11. The molecule has 1 aromatic carbocycles. The first kappa shape index (κ1) is 7.42. The van der Waals surface area contributed by atoms with Crippen LogP contribution in [0.2, 0.25) is 5.02 Å². The van der Waals surface area contributed by atoms with Crippen molar-refractivity contribution >= 4 is 17.3 Å². The maximum atomic E-state index is 5.81. The predicted octanol–water partition coefficient (Wildman–Crippen LogP) is 2.69. The lowest BCUT2D eigenvalue weighted by atomic mass is 10.2. The van der Waals surface area contributed by atoms with Gasteiger partial charge in [-0.15, -0.1) is 0 Å². The molecule has 0 heterocycles. The van der Waals surface area contributed by atoms with Crippen molar-refractivity contribution in [3.05, 3.63) is 28.8 Å². The van der Waals surface area contributed by atoms with Crippen LogP contribution in [0.4, 0.5) is 5.69 Å². The minimum atomic E-state index is 0.819. The van der Waals surface area contributed by atoms with Gasteiger partial charge < -0.3 is 5.32 Å². The van der Waals surface area contributed by atoms with Crippen molar-refractivity contribution in [3.8, 4) is 0 Å². The largest absolute Gasteiger partial charge is 0.388 e. The first-order valence-electron chi connectivity index (χ1n) is 3.18. The third-order valence-electron chi connectivity index (χ3n) is 1.45. The summed E-state index contributed by atoms with van der Waals surface area (Å²) in [6, 6.07) is 5.86. The molecule has 1 nitrogen and oxygen atoms in total. The minimum absolute atomic E-state index is 0.819. The lowest BCUT2D eigenvalue weighted by Crippen LogP contribution is -1.87. The fourth-order valence-electron chi connectivity index (χ4n) is 0.800. The Morgan fingerprint density at radius 1 is 1.40 bits per heavy atom. The number of aryl methyl sites for hydroxylation is 1. The zero-order valence-corrected chi connectivity index (χ0v) is 6.87. The van der Waals surface area contributed by atoms with Crippen LogP contribution in [0.25, 0.3) is 0 Å². The van der Waals surface area contributed by atoms with Crippen molar-refractivity contribution in [2.75, 3.05) is 12.4 Å². The molecule has 54 valence electrons. The van der Waals surface area contributed by atoms with Crippen LogP contribution in [-0.4, -0.2) is 7.05 Å². The Balaban J connectivity index is 3.04. The average molecular weight is 156 g/mol. The Morgan fingerprint density at radius 3 is 2.60 bits per heavy atom. The van der Waals surface area contributed by atoms with E-state index in [0.717, 1.165) is 16.3 Å². The Labute approximate surface area is 66.0 Å². The molecule has 1 N–H and O–H groups in total. The summed E-state index contributed by atoms with van der Waals surface area (Å²) < 4.78 is 0. The fourth-order valence-corrected chi connectivity index (χ4v) is 0.918. The fraction of sp³-hybridized carbons (Fsp3) is 0.250. The van der Waals surface area contributed by atoms with Gasteiger partial charge in [0.25, 0.3) is 0 Å². The lowest BCUT2D eigenvalue weighted by Gasteiger charge is -2.01. The molecule has 1 rings (SSSR count). The molecule has 0 radical (unpaired) electrons. The molecule has 0 atom stereocenters. The van der Waals surface area contributed by atoms with E-state index in [4.69, 9.17) is 11.6 Å². The van der Waals surface area contributed by atoms with E-state index in [1.165, 1.54) is 0 Å². The van der Waals surface area contributed by atoms with Crippen LogP contribution in [0.5, 0.6) is 0 Å². The molecule has 0 unspecified atom stereocenters. The van der Waals surface area contributed by atoms with Crippen LogP contribution in [0.15, 0.2) is 18.2 Å². The van der Waals surface area contributed by atoms with E-state index in [-0.39, 0.29) is 0 Å². The number of benzene rings is 1. The molecule has 0 fully saturated rings. The molecule has 2 heteroatoms. The highest BCUT2D eigenvalue weighted by Gasteiger charge is 1.93. The van der Waals surface area contributed by atoms with Crippen LogP contribution in [0.3, 0.4) is 0 Å². The second-order valence-electron chi connectivity index (χ2n) is 2.21. The van der Waals surface area contributed by atoms with Gasteiger partial charge in [0.1, 0.15) is 0 Å². The van der Waals surface area contributed by atoms with Gasteiger partial charge in [-0.3, -0.25) is 0 Å². The first-order chi connectivity index (χ1) is 4.74. The quantitative estimate of drug-likeness (QED) is 0.658. The summed E-state index contributed by atoms with van der Waals surface area (Å²) >= 11 is 5.81. The highest BCUT2D eigenvalue weighted by atomic mass is 35.5. The molecule has 0 saturated heterocycles. The molecule has 0 aromatic heterocycles. The van der Waals surface area contributed by atoms with Crippen molar-refractivity contribution in [3.63, 3.8) is 0 Å². The van der Waals surface area contributed by atoms with Crippen LogP contribution >= 0.6 is 11.6 Å². The summed E-state index contributed by atoms with van der Waals surface area (Å²) in [6.45, 7) is 1.99. The molecule has 0 amide bonds. The lowest BCUT2D eigenvalue weighted by molar-refractivity contribution is 1.43. The number of nitrogens with one attached hydrogen (secondary N) is 1. The van der Waals surface area contributed by atoms with Gasteiger partial charge in [0.05, 0.1) is 0 Å². The monoisotopic (exact) mass is 155 g/mol. The van der Waals surface area contributed by atoms with E-state index >= 15 is 0 Å². The molecular weight excluding hydrogens is 146 g/mol.